The third-order valence-corrected chi connectivity index (χ3v) is 3.81. The van der Waals surface area contributed by atoms with Crippen molar-refractivity contribution in [2.45, 2.75) is 45.6 Å². The van der Waals surface area contributed by atoms with E-state index < -0.39 is 0 Å². The molecule has 0 radical (unpaired) electrons. The van der Waals surface area contributed by atoms with E-state index in [1.807, 2.05) is 0 Å². The zero-order chi connectivity index (χ0) is 16.8. The van der Waals surface area contributed by atoms with Crippen LogP contribution in [0.15, 0.2) is 18.2 Å². The van der Waals surface area contributed by atoms with Gasteiger partial charge >= 0.3 is 0 Å². The van der Waals surface area contributed by atoms with Crippen LogP contribution in [-0.4, -0.2) is 29.2 Å². The van der Waals surface area contributed by atoms with Crippen molar-refractivity contribution in [3.05, 3.63) is 35.1 Å². The summed E-state index contributed by atoms with van der Waals surface area (Å²) in [5.41, 5.74) is 1.48. The number of hydrogen-bond acceptors (Lipinski definition) is 3. The minimum Gasteiger partial charge on any atom is -0.334 e. The minimum atomic E-state index is -0.265. The minimum absolute atomic E-state index is 0.0402. The standard InChI is InChI=1S/C12H14FNO.C5H7NO2/c1-2-3-6-14-8-9-7-10(13)4-5-11(9)12(14)15;7-4-2-1-3-5(8)6-4/h4-5,7H,2-3,6,8H2,1H3;1-3H2,(H,6,7,8). The summed E-state index contributed by atoms with van der Waals surface area (Å²) in [5, 5.41) is 2.20. The van der Waals surface area contributed by atoms with Gasteiger partial charge in [-0.25, -0.2) is 4.39 Å². The van der Waals surface area contributed by atoms with E-state index in [-0.39, 0.29) is 23.5 Å². The van der Waals surface area contributed by atoms with Crippen molar-refractivity contribution in [3.8, 4) is 0 Å². The molecule has 0 aromatic heterocycles. The van der Waals surface area contributed by atoms with Gasteiger partial charge in [0, 0.05) is 31.5 Å². The predicted molar refractivity (Wildman–Crippen MR) is 83.0 cm³/mol. The summed E-state index contributed by atoms with van der Waals surface area (Å²) in [5.74, 6) is -0.500. The Morgan fingerprint density at radius 1 is 1.17 bits per heavy atom. The topological polar surface area (TPSA) is 66.5 Å². The molecule has 124 valence electrons. The first kappa shape index (κ1) is 17.1. The second-order valence-corrected chi connectivity index (χ2v) is 5.71. The van der Waals surface area contributed by atoms with E-state index in [0.29, 0.717) is 31.4 Å². The predicted octanol–water partition coefficient (Wildman–Crippen LogP) is 2.39. The van der Waals surface area contributed by atoms with Gasteiger partial charge in [0.2, 0.25) is 11.8 Å². The molecular weight excluding hydrogens is 299 g/mol. The quantitative estimate of drug-likeness (QED) is 0.870. The van der Waals surface area contributed by atoms with Crippen molar-refractivity contribution in [2.24, 2.45) is 0 Å². The van der Waals surface area contributed by atoms with Gasteiger partial charge in [0.1, 0.15) is 5.82 Å². The number of nitrogens with one attached hydrogen (secondary N) is 1. The number of nitrogens with zero attached hydrogens (tertiary/aromatic N) is 1. The third kappa shape index (κ3) is 4.61. The Labute approximate surface area is 134 Å². The Kier molecular flexibility index (Phi) is 5.84. The maximum Gasteiger partial charge on any atom is 0.254 e. The molecule has 2 aliphatic heterocycles. The molecule has 0 unspecified atom stereocenters. The largest absolute Gasteiger partial charge is 0.334 e. The van der Waals surface area contributed by atoms with E-state index in [2.05, 4.69) is 12.2 Å². The van der Waals surface area contributed by atoms with Gasteiger partial charge in [-0.3, -0.25) is 19.7 Å². The highest BCUT2D eigenvalue weighted by Crippen LogP contribution is 2.23. The second-order valence-electron chi connectivity index (χ2n) is 5.71. The average Bonchev–Trinajstić information content (AvgIpc) is 2.81. The van der Waals surface area contributed by atoms with Crippen LogP contribution in [0.1, 0.15) is 54.9 Å². The van der Waals surface area contributed by atoms with Crippen molar-refractivity contribution < 1.29 is 18.8 Å². The van der Waals surface area contributed by atoms with Crippen LogP contribution in [-0.2, 0) is 16.1 Å². The Hall–Kier alpha value is -2.24. The van der Waals surface area contributed by atoms with Gasteiger partial charge < -0.3 is 4.90 Å². The zero-order valence-corrected chi connectivity index (χ0v) is 13.2. The monoisotopic (exact) mass is 320 g/mol. The number of carbonyl (C=O) groups is 3. The highest BCUT2D eigenvalue weighted by molar-refractivity contribution is 5.98. The Balaban J connectivity index is 0.000000203. The first-order chi connectivity index (χ1) is 11.0. The molecule has 0 saturated carbocycles. The average molecular weight is 320 g/mol. The summed E-state index contributed by atoms with van der Waals surface area (Å²) in [7, 11) is 0. The lowest BCUT2D eigenvalue weighted by atomic mass is 10.1. The van der Waals surface area contributed by atoms with Crippen molar-refractivity contribution in [1.29, 1.82) is 0 Å². The lowest BCUT2D eigenvalue weighted by Crippen LogP contribution is -2.33. The Morgan fingerprint density at radius 3 is 2.43 bits per heavy atom. The maximum atomic E-state index is 12.9. The number of hydrogen-bond donors (Lipinski definition) is 1. The fraction of sp³-hybridized carbons (Fsp3) is 0.471. The normalized spacial score (nSPS) is 16.6. The van der Waals surface area contributed by atoms with Crippen LogP contribution >= 0.6 is 0 Å². The molecule has 3 rings (SSSR count). The second kappa shape index (κ2) is 7.85. The van der Waals surface area contributed by atoms with E-state index in [9.17, 15) is 18.8 Å². The lowest BCUT2D eigenvalue weighted by molar-refractivity contribution is -0.132. The summed E-state index contributed by atoms with van der Waals surface area (Å²) in [4.78, 5) is 34.3. The smallest absolute Gasteiger partial charge is 0.254 e. The third-order valence-electron chi connectivity index (χ3n) is 3.81. The summed E-state index contributed by atoms with van der Waals surface area (Å²) < 4.78 is 12.9. The summed E-state index contributed by atoms with van der Waals surface area (Å²) >= 11 is 0. The van der Waals surface area contributed by atoms with Gasteiger partial charge in [-0.05, 0) is 36.6 Å². The molecule has 2 heterocycles. The first-order valence-electron chi connectivity index (χ1n) is 7.91. The fourth-order valence-electron chi connectivity index (χ4n) is 2.57. The molecule has 2 aliphatic rings. The molecule has 1 saturated heterocycles. The van der Waals surface area contributed by atoms with Crippen LogP contribution in [0.25, 0.3) is 0 Å². The van der Waals surface area contributed by atoms with E-state index in [4.69, 9.17) is 0 Å². The van der Waals surface area contributed by atoms with Gasteiger partial charge in [0.05, 0.1) is 0 Å². The number of fused-ring (bicyclic) bond motifs is 1. The van der Waals surface area contributed by atoms with Crippen LogP contribution in [0.3, 0.4) is 0 Å². The lowest BCUT2D eigenvalue weighted by Gasteiger charge is -2.14. The number of rotatable bonds is 3. The van der Waals surface area contributed by atoms with Gasteiger partial charge in [0.15, 0.2) is 0 Å². The SMILES string of the molecule is CCCCN1Cc2cc(F)ccc2C1=O.O=C1CCCC(=O)N1. The van der Waals surface area contributed by atoms with Gasteiger partial charge in [-0.1, -0.05) is 13.3 Å². The summed E-state index contributed by atoms with van der Waals surface area (Å²) in [6.07, 6.45) is 3.79. The van der Waals surface area contributed by atoms with Gasteiger partial charge in [-0.2, -0.15) is 0 Å². The number of carbonyl (C=O) groups excluding carboxylic acids is 3. The molecule has 3 amide bonds. The first-order valence-corrected chi connectivity index (χ1v) is 7.91. The molecule has 6 heteroatoms. The molecule has 0 spiro atoms. The molecule has 5 nitrogen and oxygen atoms in total. The Morgan fingerprint density at radius 2 is 1.87 bits per heavy atom. The van der Waals surface area contributed by atoms with Crippen LogP contribution in [0.2, 0.25) is 0 Å². The van der Waals surface area contributed by atoms with Crippen LogP contribution in [0.5, 0.6) is 0 Å². The van der Waals surface area contributed by atoms with Crippen molar-refractivity contribution >= 4 is 17.7 Å². The van der Waals surface area contributed by atoms with Crippen LogP contribution < -0.4 is 5.32 Å². The molecule has 1 aromatic rings. The number of piperidine rings is 1. The molecule has 0 bridgehead atoms. The van der Waals surface area contributed by atoms with Gasteiger partial charge in [0.25, 0.3) is 5.91 Å². The number of halogens is 1. The molecule has 1 aromatic carbocycles. The summed E-state index contributed by atoms with van der Waals surface area (Å²) in [6.45, 7) is 3.42. The van der Waals surface area contributed by atoms with E-state index in [0.717, 1.165) is 24.9 Å². The van der Waals surface area contributed by atoms with Crippen LogP contribution in [0.4, 0.5) is 4.39 Å². The number of imide groups is 1. The molecule has 1 N–H and O–H groups in total. The van der Waals surface area contributed by atoms with E-state index in [1.165, 1.54) is 12.1 Å². The molecule has 1 fully saturated rings. The number of amides is 3. The highest BCUT2D eigenvalue weighted by atomic mass is 19.1. The van der Waals surface area contributed by atoms with E-state index in [1.54, 1.807) is 11.0 Å². The van der Waals surface area contributed by atoms with Crippen molar-refractivity contribution in [2.75, 3.05) is 6.54 Å². The highest BCUT2D eigenvalue weighted by Gasteiger charge is 2.26. The van der Waals surface area contributed by atoms with Crippen LogP contribution in [0, 0.1) is 5.82 Å². The molecule has 0 aliphatic carbocycles. The molecule has 23 heavy (non-hydrogen) atoms. The van der Waals surface area contributed by atoms with Crippen molar-refractivity contribution in [1.82, 2.24) is 10.2 Å². The Bertz CT molecular complexity index is 602. The van der Waals surface area contributed by atoms with Gasteiger partial charge in [-0.15, -0.1) is 0 Å². The molecule has 0 atom stereocenters. The fourth-order valence-corrected chi connectivity index (χ4v) is 2.57. The number of benzene rings is 1. The summed E-state index contributed by atoms with van der Waals surface area (Å²) in [6, 6.07) is 4.39. The molecular formula is C17H21FN2O3. The van der Waals surface area contributed by atoms with E-state index >= 15 is 0 Å². The maximum absolute atomic E-state index is 12.9. The zero-order valence-electron chi connectivity index (χ0n) is 13.2. The van der Waals surface area contributed by atoms with Crippen molar-refractivity contribution in [3.63, 3.8) is 0 Å². The number of unbranched alkanes of at least 4 members (excludes halogenated alkanes) is 1.